The van der Waals surface area contributed by atoms with Crippen LogP contribution in [-0.4, -0.2) is 45.3 Å². The Hall–Kier alpha value is -2.47. The van der Waals surface area contributed by atoms with Gasteiger partial charge in [-0.25, -0.2) is 9.97 Å². The van der Waals surface area contributed by atoms with Crippen molar-refractivity contribution in [3.05, 3.63) is 47.4 Å². The van der Waals surface area contributed by atoms with Gasteiger partial charge in [-0.2, -0.15) is 5.10 Å². The summed E-state index contributed by atoms with van der Waals surface area (Å²) in [5, 5.41) is 8.86. The molecule has 0 saturated carbocycles. The number of fused-ring (bicyclic) bond motifs is 1. The normalized spacial score (nSPS) is 12.9. The Morgan fingerprint density at radius 3 is 2.62 bits per heavy atom. The van der Waals surface area contributed by atoms with E-state index in [0.717, 1.165) is 29.2 Å². The van der Waals surface area contributed by atoms with Gasteiger partial charge in [0, 0.05) is 19.5 Å². The van der Waals surface area contributed by atoms with Crippen LogP contribution >= 0.6 is 0 Å². The molecule has 0 fully saturated rings. The zero-order chi connectivity index (χ0) is 18.8. The van der Waals surface area contributed by atoms with Crippen molar-refractivity contribution in [3.8, 4) is 0 Å². The highest BCUT2D eigenvalue weighted by Crippen LogP contribution is 2.25. The fourth-order valence-corrected chi connectivity index (χ4v) is 3.10. The Bertz CT molecular complexity index is 896. The molecule has 1 N–H and O–H groups in total. The number of hydrogen-bond donors (Lipinski definition) is 1. The van der Waals surface area contributed by atoms with Crippen LogP contribution in [0.1, 0.15) is 42.8 Å². The van der Waals surface area contributed by atoms with Crippen LogP contribution in [0.2, 0.25) is 0 Å². The Labute approximate surface area is 155 Å². The lowest BCUT2D eigenvalue weighted by molar-refractivity contribution is 0.311. The van der Waals surface area contributed by atoms with Gasteiger partial charge in [-0.1, -0.05) is 43.7 Å². The van der Waals surface area contributed by atoms with Crippen LogP contribution in [-0.2, 0) is 7.05 Å². The first kappa shape index (κ1) is 18.3. The summed E-state index contributed by atoms with van der Waals surface area (Å²) in [6.45, 7) is 7.10. The predicted octanol–water partition coefficient (Wildman–Crippen LogP) is 3.51. The standard InChI is InChI=1S/C20H28N6/c1-13(2)18-23-19(16-11-22-26(6)20(16)24-18)21-12-17(25(4)5)15-9-7-8-14(3)10-15/h7-11,13,17H,12H2,1-6H3,(H,21,23,24)/t17-/m0/s1. The summed E-state index contributed by atoms with van der Waals surface area (Å²) < 4.78 is 1.80. The maximum absolute atomic E-state index is 4.76. The predicted molar refractivity (Wildman–Crippen MR) is 106 cm³/mol. The molecule has 6 nitrogen and oxygen atoms in total. The van der Waals surface area contributed by atoms with Crippen molar-refractivity contribution >= 4 is 16.9 Å². The van der Waals surface area contributed by atoms with Gasteiger partial charge in [-0.05, 0) is 26.6 Å². The Balaban J connectivity index is 1.92. The lowest BCUT2D eigenvalue weighted by Crippen LogP contribution is -2.27. The number of nitrogens with zero attached hydrogens (tertiary/aromatic N) is 5. The largest absolute Gasteiger partial charge is 0.367 e. The van der Waals surface area contributed by atoms with E-state index < -0.39 is 0 Å². The third kappa shape index (κ3) is 3.70. The number of rotatable bonds is 6. The molecule has 3 rings (SSSR count). The number of aryl methyl sites for hydroxylation is 2. The molecule has 2 heterocycles. The van der Waals surface area contributed by atoms with Crippen LogP contribution in [0.15, 0.2) is 30.5 Å². The maximum atomic E-state index is 4.76. The van der Waals surface area contributed by atoms with Gasteiger partial charge in [0.15, 0.2) is 5.65 Å². The molecular weight excluding hydrogens is 324 g/mol. The summed E-state index contributed by atoms with van der Waals surface area (Å²) in [7, 11) is 6.13. The molecule has 26 heavy (non-hydrogen) atoms. The minimum Gasteiger partial charge on any atom is -0.367 e. The van der Waals surface area contributed by atoms with Gasteiger partial charge in [0.2, 0.25) is 0 Å². The molecule has 6 heteroatoms. The van der Waals surface area contributed by atoms with E-state index >= 15 is 0 Å². The topological polar surface area (TPSA) is 58.9 Å². The molecule has 0 aliphatic carbocycles. The number of aromatic nitrogens is 4. The Morgan fingerprint density at radius 1 is 1.19 bits per heavy atom. The minimum atomic E-state index is 0.249. The maximum Gasteiger partial charge on any atom is 0.163 e. The molecule has 0 bridgehead atoms. The number of nitrogens with one attached hydrogen (secondary N) is 1. The Kier molecular flexibility index (Phi) is 5.23. The molecule has 1 aromatic carbocycles. The van der Waals surface area contributed by atoms with Crippen LogP contribution in [0.4, 0.5) is 5.82 Å². The van der Waals surface area contributed by atoms with E-state index in [1.54, 1.807) is 4.68 Å². The van der Waals surface area contributed by atoms with E-state index in [4.69, 9.17) is 4.98 Å². The minimum absolute atomic E-state index is 0.249. The number of benzene rings is 1. The van der Waals surface area contributed by atoms with E-state index in [1.165, 1.54) is 11.1 Å². The molecule has 0 radical (unpaired) electrons. The third-order valence-corrected chi connectivity index (χ3v) is 4.64. The number of hydrogen-bond acceptors (Lipinski definition) is 5. The summed E-state index contributed by atoms with van der Waals surface area (Å²) in [6, 6.07) is 8.91. The van der Waals surface area contributed by atoms with Gasteiger partial charge in [0.05, 0.1) is 17.6 Å². The average molecular weight is 352 g/mol. The van der Waals surface area contributed by atoms with E-state index in [1.807, 2.05) is 13.2 Å². The highest BCUT2D eigenvalue weighted by Gasteiger charge is 2.17. The summed E-state index contributed by atoms with van der Waals surface area (Å²) in [5.41, 5.74) is 3.43. The van der Waals surface area contributed by atoms with Crippen molar-refractivity contribution in [1.29, 1.82) is 0 Å². The van der Waals surface area contributed by atoms with Crippen molar-refractivity contribution in [3.63, 3.8) is 0 Å². The van der Waals surface area contributed by atoms with Crippen LogP contribution in [0.25, 0.3) is 11.0 Å². The summed E-state index contributed by atoms with van der Waals surface area (Å²) in [5.74, 6) is 1.95. The van der Waals surface area contributed by atoms with Crippen molar-refractivity contribution in [2.75, 3.05) is 26.0 Å². The highest BCUT2D eigenvalue weighted by molar-refractivity contribution is 5.86. The van der Waals surface area contributed by atoms with Gasteiger partial charge in [0.25, 0.3) is 0 Å². The second-order valence-corrected chi connectivity index (χ2v) is 7.37. The van der Waals surface area contributed by atoms with Crippen LogP contribution in [0, 0.1) is 6.92 Å². The first-order valence-electron chi connectivity index (χ1n) is 9.03. The number of anilines is 1. The second kappa shape index (κ2) is 7.41. The summed E-state index contributed by atoms with van der Waals surface area (Å²) >= 11 is 0. The van der Waals surface area contributed by atoms with Gasteiger partial charge in [-0.3, -0.25) is 4.68 Å². The van der Waals surface area contributed by atoms with E-state index in [-0.39, 0.29) is 12.0 Å². The lowest BCUT2D eigenvalue weighted by Gasteiger charge is -2.26. The molecule has 0 saturated heterocycles. The monoisotopic (exact) mass is 352 g/mol. The molecule has 2 aromatic heterocycles. The molecular formula is C20H28N6. The molecule has 1 atom stereocenters. The first-order valence-corrected chi connectivity index (χ1v) is 9.03. The van der Waals surface area contributed by atoms with Gasteiger partial charge < -0.3 is 10.2 Å². The van der Waals surface area contributed by atoms with Gasteiger partial charge >= 0.3 is 0 Å². The summed E-state index contributed by atoms with van der Waals surface area (Å²) in [6.07, 6.45) is 1.83. The fourth-order valence-electron chi connectivity index (χ4n) is 3.10. The lowest BCUT2D eigenvalue weighted by atomic mass is 10.0. The smallest absolute Gasteiger partial charge is 0.163 e. The molecule has 0 unspecified atom stereocenters. The fraction of sp³-hybridized carbons (Fsp3) is 0.450. The molecule has 0 aliphatic heterocycles. The van der Waals surface area contributed by atoms with Crippen molar-refractivity contribution in [2.45, 2.75) is 32.7 Å². The van der Waals surface area contributed by atoms with Crippen molar-refractivity contribution in [1.82, 2.24) is 24.6 Å². The van der Waals surface area contributed by atoms with E-state index in [2.05, 4.69) is 79.4 Å². The van der Waals surface area contributed by atoms with Crippen molar-refractivity contribution in [2.24, 2.45) is 7.05 Å². The zero-order valence-electron chi connectivity index (χ0n) is 16.5. The molecule has 0 spiro atoms. The van der Waals surface area contributed by atoms with Crippen LogP contribution in [0.5, 0.6) is 0 Å². The SMILES string of the molecule is Cc1cccc([C@H](CNc2nc(C(C)C)nc3c2cnn3C)N(C)C)c1. The second-order valence-electron chi connectivity index (χ2n) is 7.37. The van der Waals surface area contributed by atoms with Crippen LogP contribution in [0.3, 0.4) is 0 Å². The molecule has 3 aromatic rings. The van der Waals surface area contributed by atoms with Crippen molar-refractivity contribution < 1.29 is 0 Å². The molecule has 0 amide bonds. The third-order valence-electron chi connectivity index (χ3n) is 4.64. The Morgan fingerprint density at radius 2 is 1.96 bits per heavy atom. The first-order chi connectivity index (χ1) is 12.4. The van der Waals surface area contributed by atoms with Gasteiger partial charge in [-0.15, -0.1) is 0 Å². The summed E-state index contributed by atoms with van der Waals surface area (Å²) in [4.78, 5) is 11.7. The molecule has 0 aliphatic rings. The molecule has 138 valence electrons. The van der Waals surface area contributed by atoms with Crippen LogP contribution < -0.4 is 5.32 Å². The number of likely N-dealkylation sites (N-methyl/N-ethyl adjacent to an activating group) is 1. The zero-order valence-corrected chi connectivity index (χ0v) is 16.5. The quantitative estimate of drug-likeness (QED) is 0.736. The van der Waals surface area contributed by atoms with Gasteiger partial charge in [0.1, 0.15) is 11.6 Å². The average Bonchev–Trinajstić information content (AvgIpc) is 2.96. The van der Waals surface area contributed by atoms with E-state index in [0.29, 0.717) is 0 Å². The highest BCUT2D eigenvalue weighted by atomic mass is 15.3. The van der Waals surface area contributed by atoms with E-state index in [9.17, 15) is 0 Å².